The van der Waals surface area contributed by atoms with Crippen LogP contribution < -0.4 is 11.1 Å². The van der Waals surface area contributed by atoms with Crippen LogP contribution in [0.25, 0.3) is 0 Å². The lowest BCUT2D eigenvalue weighted by Crippen LogP contribution is -2.56. The van der Waals surface area contributed by atoms with Gasteiger partial charge in [0.25, 0.3) is 0 Å². The first-order valence-corrected chi connectivity index (χ1v) is 8.49. The number of hydrogen-bond acceptors (Lipinski definition) is 4. The van der Waals surface area contributed by atoms with Gasteiger partial charge in [-0.15, -0.1) is 0 Å². The molecule has 0 aromatic rings. The summed E-state index contributed by atoms with van der Waals surface area (Å²) >= 11 is 0. The maximum atomic E-state index is 12.3. The van der Waals surface area contributed by atoms with Crippen LogP contribution in [0.4, 0.5) is 4.79 Å². The highest BCUT2D eigenvalue weighted by Crippen LogP contribution is 2.57. The Labute approximate surface area is 125 Å². The van der Waals surface area contributed by atoms with Gasteiger partial charge in [0, 0.05) is 12.6 Å². The van der Waals surface area contributed by atoms with Gasteiger partial charge in [-0.3, -0.25) is 5.32 Å². The molecule has 5 rings (SSSR count). The molecule has 4 aliphatic carbocycles. The summed E-state index contributed by atoms with van der Waals surface area (Å²) in [6.45, 7) is 0.663. The van der Waals surface area contributed by atoms with E-state index in [-0.39, 0.29) is 24.0 Å². The highest BCUT2D eigenvalue weighted by molar-refractivity contribution is 5.68. The summed E-state index contributed by atoms with van der Waals surface area (Å²) in [6, 6.07) is -0.123. The van der Waals surface area contributed by atoms with E-state index >= 15 is 0 Å². The number of ether oxygens (including phenoxy) is 2. The van der Waals surface area contributed by atoms with E-state index in [1.165, 1.54) is 19.3 Å². The van der Waals surface area contributed by atoms with Crippen LogP contribution in [0.1, 0.15) is 51.4 Å². The molecule has 2 atom stereocenters. The molecule has 0 aromatic carbocycles. The maximum absolute atomic E-state index is 12.3. The molecule has 0 spiro atoms. The second kappa shape index (κ2) is 5.13. The molecule has 0 radical (unpaired) electrons. The summed E-state index contributed by atoms with van der Waals surface area (Å²) in [4.78, 5) is 12.3. The first-order chi connectivity index (χ1) is 10.1. The predicted molar refractivity (Wildman–Crippen MR) is 77.5 cm³/mol. The second-order valence-corrected chi connectivity index (χ2v) is 7.73. The summed E-state index contributed by atoms with van der Waals surface area (Å²) in [5.41, 5.74) is 5.80. The number of nitrogens with two attached hydrogens (primary N) is 1. The van der Waals surface area contributed by atoms with Crippen molar-refractivity contribution < 1.29 is 14.3 Å². The molecular weight excluding hydrogens is 268 g/mol. The highest BCUT2D eigenvalue weighted by Gasteiger charge is 2.53. The normalized spacial score (nSPS) is 48.1. The van der Waals surface area contributed by atoms with E-state index in [9.17, 15) is 4.79 Å². The van der Waals surface area contributed by atoms with Crippen LogP contribution in [0.5, 0.6) is 0 Å². The Kier molecular flexibility index (Phi) is 3.38. The molecular formula is C16H26N2O3. The van der Waals surface area contributed by atoms with Crippen LogP contribution in [0.15, 0.2) is 0 Å². The van der Waals surface area contributed by atoms with Crippen LogP contribution in [-0.2, 0) is 9.47 Å². The fourth-order valence-electron chi connectivity index (χ4n) is 5.45. The van der Waals surface area contributed by atoms with Crippen molar-refractivity contribution in [1.82, 2.24) is 5.32 Å². The Hall–Kier alpha value is -0.810. The summed E-state index contributed by atoms with van der Waals surface area (Å²) in [5.74, 6) is 2.33. The Balaban J connectivity index is 1.38. The van der Waals surface area contributed by atoms with Crippen molar-refractivity contribution >= 4 is 6.09 Å². The number of hydrogen-bond donors (Lipinski definition) is 2. The average molecular weight is 294 g/mol. The molecule has 5 nitrogen and oxygen atoms in total. The molecule has 3 N–H and O–H groups in total. The average Bonchev–Trinajstić information content (AvgIpc) is 2.39. The van der Waals surface area contributed by atoms with Crippen molar-refractivity contribution in [3.63, 3.8) is 0 Å². The second-order valence-electron chi connectivity index (χ2n) is 7.73. The van der Waals surface area contributed by atoms with E-state index in [4.69, 9.17) is 15.2 Å². The van der Waals surface area contributed by atoms with Gasteiger partial charge in [-0.2, -0.15) is 0 Å². The minimum Gasteiger partial charge on any atom is -0.443 e. The molecule has 5 fully saturated rings. The van der Waals surface area contributed by atoms with Crippen LogP contribution in [0, 0.1) is 17.8 Å². The maximum Gasteiger partial charge on any atom is 0.409 e. The number of carbonyl (C=O) groups excluding carboxylic acids is 1. The zero-order valence-electron chi connectivity index (χ0n) is 12.6. The van der Waals surface area contributed by atoms with Crippen molar-refractivity contribution in [2.24, 2.45) is 23.5 Å². The van der Waals surface area contributed by atoms with E-state index in [1.807, 2.05) is 0 Å². The van der Waals surface area contributed by atoms with Gasteiger partial charge >= 0.3 is 6.09 Å². The van der Waals surface area contributed by atoms with E-state index in [2.05, 4.69) is 5.32 Å². The Bertz CT molecular complexity index is 390. The standard InChI is InChI=1S/C16H26N2O3/c17-13-2-1-3-20-14(13)18-15(19)21-16-7-10-4-11(8-16)6-12(5-10)9-16/h10-14H,1-9,17H2,(H,18,19)/t10?,11?,12?,13-,14-,16?/m0/s1. The monoisotopic (exact) mass is 294 g/mol. The van der Waals surface area contributed by atoms with Gasteiger partial charge in [0.2, 0.25) is 0 Å². The van der Waals surface area contributed by atoms with Crippen LogP contribution in [0.3, 0.4) is 0 Å². The van der Waals surface area contributed by atoms with Crippen molar-refractivity contribution in [1.29, 1.82) is 0 Å². The fraction of sp³-hybridized carbons (Fsp3) is 0.938. The lowest BCUT2D eigenvalue weighted by molar-refractivity contribution is -0.131. The van der Waals surface area contributed by atoms with Gasteiger partial charge in [-0.1, -0.05) is 0 Å². The molecule has 118 valence electrons. The largest absolute Gasteiger partial charge is 0.443 e. The third kappa shape index (κ3) is 2.66. The van der Waals surface area contributed by atoms with Crippen LogP contribution in [-0.4, -0.2) is 30.6 Å². The van der Waals surface area contributed by atoms with Gasteiger partial charge in [-0.05, 0) is 69.1 Å². The Morgan fingerprint density at radius 3 is 2.33 bits per heavy atom. The lowest BCUT2D eigenvalue weighted by atomic mass is 9.54. The summed E-state index contributed by atoms with van der Waals surface area (Å²) in [5, 5.41) is 2.84. The molecule has 5 aliphatic rings. The number of carbonyl (C=O) groups is 1. The Morgan fingerprint density at radius 2 is 1.76 bits per heavy atom. The summed E-state index contributed by atoms with van der Waals surface area (Å²) in [6.07, 6.45) is 8.35. The first-order valence-electron chi connectivity index (χ1n) is 8.49. The van der Waals surface area contributed by atoms with Crippen LogP contribution in [0.2, 0.25) is 0 Å². The van der Waals surface area contributed by atoms with E-state index in [0.717, 1.165) is 49.9 Å². The molecule has 1 amide bonds. The van der Waals surface area contributed by atoms with Gasteiger partial charge < -0.3 is 15.2 Å². The third-order valence-electron chi connectivity index (χ3n) is 5.92. The first kappa shape index (κ1) is 13.8. The number of nitrogens with one attached hydrogen (secondary N) is 1. The molecule has 5 heteroatoms. The van der Waals surface area contributed by atoms with Gasteiger partial charge in [0.05, 0.1) is 0 Å². The number of rotatable bonds is 2. The quantitative estimate of drug-likeness (QED) is 0.818. The summed E-state index contributed by atoms with van der Waals surface area (Å²) in [7, 11) is 0. The summed E-state index contributed by atoms with van der Waals surface area (Å²) < 4.78 is 11.5. The highest BCUT2D eigenvalue weighted by atomic mass is 16.6. The third-order valence-corrected chi connectivity index (χ3v) is 5.92. The van der Waals surface area contributed by atoms with Crippen LogP contribution >= 0.6 is 0 Å². The van der Waals surface area contributed by atoms with Crippen molar-refractivity contribution in [2.75, 3.05) is 6.61 Å². The molecule has 1 heterocycles. The molecule has 4 saturated carbocycles. The molecule has 0 aromatic heterocycles. The van der Waals surface area contributed by atoms with E-state index < -0.39 is 0 Å². The SMILES string of the molecule is N[C@H]1CCCO[C@@H]1NC(=O)OC12CC3CC(CC(C3)C1)C2. The van der Waals surface area contributed by atoms with E-state index in [0.29, 0.717) is 6.61 Å². The van der Waals surface area contributed by atoms with Crippen molar-refractivity contribution in [3.05, 3.63) is 0 Å². The topological polar surface area (TPSA) is 73.6 Å². The zero-order chi connectivity index (χ0) is 14.4. The van der Waals surface area contributed by atoms with Gasteiger partial charge in [0.15, 0.2) is 0 Å². The fourth-order valence-corrected chi connectivity index (χ4v) is 5.45. The minimum atomic E-state index is -0.389. The number of amides is 1. The predicted octanol–water partition coefficient (Wildman–Crippen LogP) is 2.15. The molecule has 1 aliphatic heterocycles. The lowest BCUT2D eigenvalue weighted by Gasteiger charge is -2.55. The van der Waals surface area contributed by atoms with E-state index in [1.54, 1.807) is 0 Å². The number of alkyl carbamates (subject to hydrolysis) is 1. The molecule has 21 heavy (non-hydrogen) atoms. The molecule has 4 bridgehead atoms. The zero-order valence-corrected chi connectivity index (χ0v) is 12.6. The van der Waals surface area contributed by atoms with Crippen molar-refractivity contribution in [3.8, 4) is 0 Å². The minimum absolute atomic E-state index is 0.123. The molecule has 1 saturated heterocycles. The van der Waals surface area contributed by atoms with Crippen molar-refractivity contribution in [2.45, 2.75) is 69.2 Å². The molecule has 0 unspecified atom stereocenters. The smallest absolute Gasteiger partial charge is 0.409 e. The van der Waals surface area contributed by atoms with Gasteiger partial charge in [-0.25, -0.2) is 4.79 Å². The van der Waals surface area contributed by atoms with Gasteiger partial charge in [0.1, 0.15) is 11.8 Å². The Morgan fingerprint density at radius 1 is 1.14 bits per heavy atom.